The zero-order valence-corrected chi connectivity index (χ0v) is 11.6. The molecule has 0 saturated heterocycles. The Labute approximate surface area is 118 Å². The highest BCUT2D eigenvalue weighted by molar-refractivity contribution is 9.10. The molecule has 0 radical (unpaired) electrons. The lowest BCUT2D eigenvalue weighted by molar-refractivity contribution is 0.102. The Morgan fingerprint density at radius 1 is 1.37 bits per heavy atom. The van der Waals surface area contributed by atoms with Gasteiger partial charge in [0.05, 0.1) is 6.61 Å². The fourth-order valence-electron chi connectivity index (χ4n) is 1.50. The summed E-state index contributed by atoms with van der Waals surface area (Å²) < 4.78 is 6.05. The molecule has 0 spiro atoms. The smallest absolute Gasteiger partial charge is 0.272 e. The second-order valence-corrected chi connectivity index (χ2v) is 4.70. The molecule has 0 atom stereocenters. The molecule has 5 nitrogen and oxygen atoms in total. The molecule has 0 aliphatic heterocycles. The maximum absolute atomic E-state index is 11.9. The molecule has 6 heteroatoms. The normalized spacial score (nSPS) is 10.2. The van der Waals surface area contributed by atoms with E-state index in [4.69, 9.17) is 9.84 Å². The molecule has 0 bridgehead atoms. The average Bonchev–Trinajstić information content (AvgIpc) is 2.85. The number of amides is 1. The van der Waals surface area contributed by atoms with E-state index in [0.717, 1.165) is 4.47 Å². The number of benzene rings is 1. The molecule has 0 unspecified atom stereocenters. The van der Waals surface area contributed by atoms with Crippen molar-refractivity contribution in [1.29, 1.82) is 0 Å². The second kappa shape index (κ2) is 6.40. The summed E-state index contributed by atoms with van der Waals surface area (Å²) >= 11 is 3.27. The minimum atomic E-state index is -0.213. The molecular weight excluding hydrogens is 312 g/mol. The summed E-state index contributed by atoms with van der Waals surface area (Å²) in [4.78, 5) is 14.7. The van der Waals surface area contributed by atoms with Crippen LogP contribution < -0.4 is 10.1 Å². The molecule has 2 rings (SSSR count). The summed E-state index contributed by atoms with van der Waals surface area (Å²) in [6.45, 7) is 0.225. The monoisotopic (exact) mass is 324 g/mol. The fourth-order valence-corrected chi connectivity index (χ4v) is 1.84. The summed E-state index contributed by atoms with van der Waals surface area (Å²) in [5.41, 5.74) is 1.15. The lowest BCUT2D eigenvalue weighted by atomic mass is 10.3. The molecule has 0 saturated carbocycles. The van der Waals surface area contributed by atoms with E-state index in [1.165, 1.54) is 0 Å². The van der Waals surface area contributed by atoms with Crippen LogP contribution in [0.3, 0.4) is 0 Å². The Kier molecular flexibility index (Phi) is 4.59. The number of aromatic nitrogens is 1. The molecule has 0 aliphatic carbocycles. The number of carbonyl (C=O) groups excluding carboxylic acids is 1. The number of anilines is 1. The number of aromatic amines is 1. The van der Waals surface area contributed by atoms with Gasteiger partial charge in [0.1, 0.15) is 18.1 Å². The molecule has 1 heterocycles. The molecule has 1 amide bonds. The van der Waals surface area contributed by atoms with Gasteiger partial charge in [-0.3, -0.25) is 4.79 Å². The quantitative estimate of drug-likeness (QED) is 0.790. The fraction of sp³-hybridized carbons (Fsp3) is 0.154. The third-order valence-corrected chi connectivity index (χ3v) is 2.82. The summed E-state index contributed by atoms with van der Waals surface area (Å²) in [6, 6.07) is 8.64. The Hall–Kier alpha value is -1.79. The van der Waals surface area contributed by atoms with Gasteiger partial charge in [0.25, 0.3) is 5.91 Å². The molecule has 19 heavy (non-hydrogen) atoms. The number of hydrogen-bond acceptors (Lipinski definition) is 3. The first-order valence-corrected chi connectivity index (χ1v) is 6.47. The molecule has 1 aromatic carbocycles. The highest BCUT2D eigenvalue weighted by Gasteiger charge is 2.08. The average molecular weight is 325 g/mol. The van der Waals surface area contributed by atoms with Gasteiger partial charge in [-0.25, -0.2) is 0 Å². The number of ether oxygens (including phenoxy) is 1. The molecule has 0 fully saturated rings. The minimum absolute atomic E-state index is 0.0276. The van der Waals surface area contributed by atoms with Gasteiger partial charge >= 0.3 is 0 Å². The number of halogens is 1. The first-order valence-electron chi connectivity index (χ1n) is 5.68. The van der Waals surface area contributed by atoms with E-state index in [9.17, 15) is 4.79 Å². The lowest BCUT2D eigenvalue weighted by Crippen LogP contribution is -2.12. The summed E-state index contributed by atoms with van der Waals surface area (Å²) in [7, 11) is 0. The van der Waals surface area contributed by atoms with Gasteiger partial charge in [0, 0.05) is 16.4 Å². The Morgan fingerprint density at radius 3 is 2.68 bits per heavy atom. The van der Waals surface area contributed by atoms with E-state index in [0.29, 0.717) is 17.1 Å². The number of aliphatic hydroxyl groups excluding tert-OH is 1. The van der Waals surface area contributed by atoms with Crippen LogP contribution in [0.25, 0.3) is 0 Å². The van der Waals surface area contributed by atoms with E-state index in [1.807, 2.05) is 0 Å². The van der Waals surface area contributed by atoms with Crippen molar-refractivity contribution in [3.63, 3.8) is 0 Å². The van der Waals surface area contributed by atoms with E-state index in [1.54, 1.807) is 36.5 Å². The van der Waals surface area contributed by atoms with Crippen LogP contribution in [-0.4, -0.2) is 29.2 Å². The van der Waals surface area contributed by atoms with Crippen molar-refractivity contribution >= 4 is 27.5 Å². The summed E-state index contributed by atoms with van der Waals surface area (Å²) in [5.74, 6) is 0.435. The molecule has 3 N–H and O–H groups in total. The third-order valence-electron chi connectivity index (χ3n) is 2.36. The third kappa shape index (κ3) is 3.84. The maximum Gasteiger partial charge on any atom is 0.272 e. The molecule has 0 aliphatic rings. The number of carbonyl (C=O) groups is 1. The highest BCUT2D eigenvalue weighted by atomic mass is 79.9. The van der Waals surface area contributed by atoms with Crippen LogP contribution in [0.5, 0.6) is 5.75 Å². The van der Waals surface area contributed by atoms with Crippen molar-refractivity contribution in [2.45, 2.75) is 0 Å². The van der Waals surface area contributed by atoms with Crippen molar-refractivity contribution in [2.75, 3.05) is 18.5 Å². The number of aliphatic hydroxyl groups is 1. The number of nitrogens with one attached hydrogen (secondary N) is 2. The maximum atomic E-state index is 11.9. The highest BCUT2D eigenvalue weighted by Crippen LogP contribution is 2.17. The minimum Gasteiger partial charge on any atom is -0.491 e. The van der Waals surface area contributed by atoms with Crippen LogP contribution in [0.1, 0.15) is 10.5 Å². The topological polar surface area (TPSA) is 74.3 Å². The second-order valence-electron chi connectivity index (χ2n) is 3.78. The lowest BCUT2D eigenvalue weighted by Gasteiger charge is -2.06. The van der Waals surface area contributed by atoms with E-state index in [-0.39, 0.29) is 19.1 Å². The van der Waals surface area contributed by atoms with E-state index in [2.05, 4.69) is 26.2 Å². The van der Waals surface area contributed by atoms with Gasteiger partial charge in [-0.15, -0.1) is 0 Å². The molecular formula is C13H13BrN2O3. The molecule has 2 aromatic rings. The van der Waals surface area contributed by atoms with Gasteiger partial charge in [-0.2, -0.15) is 0 Å². The number of H-pyrrole nitrogens is 1. The molecule has 1 aromatic heterocycles. The standard InChI is InChI=1S/C13H13BrN2O3/c14-9-7-12(15-8-9)13(18)16-10-1-3-11(4-2-10)19-6-5-17/h1-4,7-8,15,17H,5-6H2,(H,16,18). The van der Waals surface area contributed by atoms with Gasteiger partial charge in [-0.1, -0.05) is 0 Å². The van der Waals surface area contributed by atoms with Gasteiger partial charge < -0.3 is 20.1 Å². The number of hydrogen-bond donors (Lipinski definition) is 3. The SMILES string of the molecule is O=C(Nc1ccc(OCCO)cc1)c1cc(Br)c[nH]1. The Morgan fingerprint density at radius 2 is 2.11 bits per heavy atom. The zero-order chi connectivity index (χ0) is 13.7. The van der Waals surface area contributed by atoms with Gasteiger partial charge in [0.15, 0.2) is 0 Å². The van der Waals surface area contributed by atoms with Crippen molar-refractivity contribution in [1.82, 2.24) is 4.98 Å². The van der Waals surface area contributed by atoms with Crippen LogP contribution in [0.15, 0.2) is 41.0 Å². The van der Waals surface area contributed by atoms with Gasteiger partial charge in [0.2, 0.25) is 0 Å². The van der Waals surface area contributed by atoms with Crippen molar-refractivity contribution in [3.8, 4) is 5.75 Å². The first-order chi connectivity index (χ1) is 9.19. The largest absolute Gasteiger partial charge is 0.491 e. The predicted molar refractivity (Wildman–Crippen MR) is 75.5 cm³/mol. The van der Waals surface area contributed by atoms with Gasteiger partial charge in [-0.05, 0) is 46.3 Å². The number of rotatable bonds is 5. The predicted octanol–water partition coefficient (Wildman–Crippen LogP) is 2.40. The van der Waals surface area contributed by atoms with Crippen LogP contribution in [0.2, 0.25) is 0 Å². The zero-order valence-electron chi connectivity index (χ0n) is 10.0. The van der Waals surface area contributed by atoms with Crippen molar-refractivity contribution in [3.05, 3.63) is 46.7 Å². The van der Waals surface area contributed by atoms with Crippen molar-refractivity contribution in [2.24, 2.45) is 0 Å². The van der Waals surface area contributed by atoms with Crippen LogP contribution in [0, 0.1) is 0 Å². The summed E-state index contributed by atoms with van der Waals surface area (Å²) in [5, 5.41) is 11.4. The summed E-state index contributed by atoms with van der Waals surface area (Å²) in [6.07, 6.45) is 1.70. The molecule has 100 valence electrons. The van der Waals surface area contributed by atoms with E-state index >= 15 is 0 Å². The van der Waals surface area contributed by atoms with Crippen molar-refractivity contribution < 1.29 is 14.6 Å². The van der Waals surface area contributed by atoms with E-state index < -0.39 is 0 Å². The first kappa shape index (κ1) is 13.6. The van der Waals surface area contributed by atoms with Crippen LogP contribution >= 0.6 is 15.9 Å². The Bertz CT molecular complexity index is 551. The van der Waals surface area contributed by atoms with Crippen LogP contribution in [0.4, 0.5) is 5.69 Å². The Balaban J connectivity index is 1.97. The van der Waals surface area contributed by atoms with Crippen LogP contribution in [-0.2, 0) is 0 Å².